The zero-order valence-electron chi connectivity index (χ0n) is 21.8. The molecular formula is C32H35N3O2. The van der Waals surface area contributed by atoms with Crippen molar-refractivity contribution in [2.24, 2.45) is 0 Å². The number of Topliss-reactive ketones (excluding diaryl/α,β-unsaturated/α-hetero) is 1. The summed E-state index contributed by atoms with van der Waals surface area (Å²) in [5.74, 6) is 0.954. The number of fused-ring (bicyclic) bond motifs is 1. The molecule has 2 heterocycles. The number of ether oxygens (including phenoxy) is 1. The van der Waals surface area contributed by atoms with Gasteiger partial charge < -0.3 is 9.30 Å². The minimum Gasteiger partial charge on any atom is -0.497 e. The summed E-state index contributed by atoms with van der Waals surface area (Å²) >= 11 is 0. The fourth-order valence-corrected chi connectivity index (χ4v) is 5.22. The second-order valence-electron chi connectivity index (χ2n) is 9.73. The van der Waals surface area contributed by atoms with E-state index in [4.69, 9.17) is 4.74 Å². The molecule has 5 rings (SSSR count). The van der Waals surface area contributed by atoms with Crippen molar-refractivity contribution >= 4 is 22.8 Å². The number of ketones is 1. The minimum absolute atomic E-state index is 0.181. The molecular weight excluding hydrogens is 458 g/mol. The SMILES string of the molecule is COc1ccc2c(c1)c(C(=O)CN1CCN(C/C=C/c3ccccc3)CC1)c(C)n2Cc1ccccc1. The number of carbonyl (C=O) groups excluding carboxylic acids is 1. The van der Waals surface area contributed by atoms with Crippen LogP contribution in [0.3, 0.4) is 0 Å². The average molecular weight is 494 g/mol. The second kappa shape index (κ2) is 11.6. The summed E-state index contributed by atoms with van der Waals surface area (Å²) in [6.45, 7) is 7.91. The van der Waals surface area contributed by atoms with Crippen LogP contribution in [0, 0.1) is 6.92 Å². The van der Waals surface area contributed by atoms with Crippen LogP contribution in [-0.4, -0.2) is 66.5 Å². The Balaban J connectivity index is 1.28. The zero-order valence-corrected chi connectivity index (χ0v) is 21.8. The highest BCUT2D eigenvalue weighted by Crippen LogP contribution is 2.31. The van der Waals surface area contributed by atoms with E-state index in [2.05, 4.69) is 88.0 Å². The number of hydrogen-bond donors (Lipinski definition) is 0. The summed E-state index contributed by atoms with van der Waals surface area (Å²) in [4.78, 5) is 18.4. The smallest absolute Gasteiger partial charge is 0.179 e. The van der Waals surface area contributed by atoms with Gasteiger partial charge in [-0.15, -0.1) is 0 Å². The maximum atomic E-state index is 13.7. The van der Waals surface area contributed by atoms with Crippen LogP contribution in [0.4, 0.5) is 0 Å². The number of piperazine rings is 1. The molecule has 5 heteroatoms. The molecule has 4 aromatic rings. The molecule has 37 heavy (non-hydrogen) atoms. The molecule has 0 atom stereocenters. The van der Waals surface area contributed by atoms with Crippen molar-refractivity contribution in [2.75, 3.05) is 46.4 Å². The van der Waals surface area contributed by atoms with Crippen LogP contribution in [0.1, 0.15) is 27.2 Å². The van der Waals surface area contributed by atoms with Crippen LogP contribution in [0.25, 0.3) is 17.0 Å². The van der Waals surface area contributed by atoms with Crippen molar-refractivity contribution in [3.8, 4) is 5.75 Å². The van der Waals surface area contributed by atoms with Gasteiger partial charge in [0.2, 0.25) is 0 Å². The van der Waals surface area contributed by atoms with Gasteiger partial charge in [-0.3, -0.25) is 14.6 Å². The molecule has 190 valence electrons. The number of aromatic nitrogens is 1. The van der Waals surface area contributed by atoms with Gasteiger partial charge in [-0.05, 0) is 36.2 Å². The number of hydrogen-bond acceptors (Lipinski definition) is 4. The van der Waals surface area contributed by atoms with E-state index in [1.165, 1.54) is 11.1 Å². The molecule has 0 saturated carbocycles. The lowest BCUT2D eigenvalue weighted by Gasteiger charge is -2.33. The van der Waals surface area contributed by atoms with Gasteiger partial charge in [0.05, 0.1) is 13.7 Å². The summed E-state index contributed by atoms with van der Waals surface area (Å²) in [5.41, 5.74) is 5.35. The van der Waals surface area contributed by atoms with Crippen molar-refractivity contribution < 1.29 is 9.53 Å². The van der Waals surface area contributed by atoms with Crippen molar-refractivity contribution in [1.29, 1.82) is 0 Å². The number of rotatable bonds is 9. The largest absolute Gasteiger partial charge is 0.497 e. The van der Waals surface area contributed by atoms with Crippen molar-refractivity contribution in [3.05, 3.63) is 107 Å². The topological polar surface area (TPSA) is 37.7 Å². The number of carbonyl (C=O) groups is 1. The standard InChI is InChI=1S/C32H35N3O2/c1-25-32(29-22-28(37-2)15-16-30(29)35(25)23-27-12-7-4-8-13-27)31(36)24-34-20-18-33(19-21-34)17-9-14-26-10-5-3-6-11-26/h3-16,22H,17-21,23-24H2,1-2H3/b14-9+. The molecule has 0 aliphatic carbocycles. The van der Waals surface area contributed by atoms with E-state index in [1.807, 2.05) is 24.3 Å². The molecule has 0 unspecified atom stereocenters. The predicted octanol–water partition coefficient (Wildman–Crippen LogP) is 5.52. The van der Waals surface area contributed by atoms with Gasteiger partial charge in [-0.2, -0.15) is 0 Å². The first-order chi connectivity index (χ1) is 18.1. The van der Waals surface area contributed by atoms with Crippen molar-refractivity contribution in [1.82, 2.24) is 14.4 Å². The minimum atomic E-state index is 0.181. The first-order valence-corrected chi connectivity index (χ1v) is 13.0. The van der Waals surface area contributed by atoms with Gasteiger partial charge in [-0.1, -0.05) is 72.8 Å². The Hall–Kier alpha value is -3.67. The van der Waals surface area contributed by atoms with Crippen LogP contribution >= 0.6 is 0 Å². The van der Waals surface area contributed by atoms with Crippen LogP contribution in [-0.2, 0) is 6.54 Å². The van der Waals surface area contributed by atoms with E-state index in [0.717, 1.165) is 67.2 Å². The Labute approximate surface area is 219 Å². The Morgan fingerprint density at radius 1 is 0.892 bits per heavy atom. The van der Waals surface area contributed by atoms with Crippen molar-refractivity contribution in [2.45, 2.75) is 13.5 Å². The fourth-order valence-electron chi connectivity index (χ4n) is 5.22. The fraction of sp³-hybridized carbons (Fsp3) is 0.281. The third kappa shape index (κ3) is 5.85. The van der Waals surface area contributed by atoms with Gasteiger partial charge >= 0.3 is 0 Å². The van der Waals surface area contributed by atoms with Crippen LogP contribution < -0.4 is 4.74 Å². The molecule has 0 radical (unpaired) electrons. The summed E-state index contributed by atoms with van der Waals surface area (Å²) in [6, 6.07) is 26.9. The quantitative estimate of drug-likeness (QED) is 0.288. The molecule has 0 spiro atoms. The Morgan fingerprint density at radius 3 is 2.27 bits per heavy atom. The van der Waals surface area contributed by atoms with Gasteiger partial charge in [0.25, 0.3) is 0 Å². The Bertz CT molecular complexity index is 1370. The molecule has 0 bridgehead atoms. The molecule has 1 aliphatic rings. The molecule has 1 saturated heterocycles. The first kappa shape index (κ1) is 25.0. The first-order valence-electron chi connectivity index (χ1n) is 13.0. The Morgan fingerprint density at radius 2 is 1.57 bits per heavy atom. The number of methoxy groups -OCH3 is 1. The highest BCUT2D eigenvalue weighted by Gasteiger charge is 2.24. The molecule has 3 aromatic carbocycles. The van der Waals surface area contributed by atoms with E-state index >= 15 is 0 Å². The summed E-state index contributed by atoms with van der Waals surface area (Å²) in [6.07, 6.45) is 4.41. The molecule has 0 N–H and O–H groups in total. The summed E-state index contributed by atoms with van der Waals surface area (Å²) in [5, 5.41) is 0.975. The molecule has 0 amide bonds. The lowest BCUT2D eigenvalue weighted by Crippen LogP contribution is -2.47. The highest BCUT2D eigenvalue weighted by atomic mass is 16.5. The van der Waals surface area contributed by atoms with E-state index in [0.29, 0.717) is 6.54 Å². The summed E-state index contributed by atoms with van der Waals surface area (Å²) in [7, 11) is 1.67. The number of nitrogens with zero attached hydrogens (tertiary/aromatic N) is 3. The summed E-state index contributed by atoms with van der Waals surface area (Å²) < 4.78 is 7.76. The molecule has 1 fully saturated rings. The third-order valence-electron chi connectivity index (χ3n) is 7.30. The normalized spacial score (nSPS) is 15.0. The van der Waals surface area contributed by atoms with Gasteiger partial charge in [-0.25, -0.2) is 0 Å². The Kier molecular flexibility index (Phi) is 7.83. The van der Waals surface area contributed by atoms with Crippen LogP contribution in [0.5, 0.6) is 5.75 Å². The zero-order chi connectivity index (χ0) is 25.6. The van der Waals surface area contributed by atoms with Crippen molar-refractivity contribution in [3.63, 3.8) is 0 Å². The molecule has 1 aliphatic heterocycles. The number of benzene rings is 3. The predicted molar refractivity (Wildman–Crippen MR) is 151 cm³/mol. The second-order valence-corrected chi connectivity index (χ2v) is 9.73. The monoisotopic (exact) mass is 493 g/mol. The van der Waals surface area contributed by atoms with Gasteiger partial charge in [0, 0.05) is 61.4 Å². The van der Waals surface area contributed by atoms with E-state index in [9.17, 15) is 4.79 Å². The highest BCUT2D eigenvalue weighted by molar-refractivity contribution is 6.10. The van der Waals surface area contributed by atoms with Gasteiger partial charge in [0.1, 0.15) is 5.75 Å². The third-order valence-corrected chi connectivity index (χ3v) is 7.30. The van der Waals surface area contributed by atoms with Gasteiger partial charge in [0.15, 0.2) is 5.78 Å². The average Bonchev–Trinajstić information content (AvgIpc) is 3.21. The van der Waals surface area contributed by atoms with Crippen LogP contribution in [0.15, 0.2) is 84.9 Å². The molecule has 5 nitrogen and oxygen atoms in total. The maximum Gasteiger partial charge on any atom is 0.179 e. The molecule has 1 aromatic heterocycles. The van der Waals surface area contributed by atoms with E-state index < -0.39 is 0 Å². The van der Waals surface area contributed by atoms with Crippen LogP contribution in [0.2, 0.25) is 0 Å². The lowest BCUT2D eigenvalue weighted by atomic mass is 10.1. The van der Waals surface area contributed by atoms with E-state index in [-0.39, 0.29) is 5.78 Å². The maximum absolute atomic E-state index is 13.7. The van der Waals surface area contributed by atoms with E-state index in [1.54, 1.807) is 7.11 Å². The lowest BCUT2D eigenvalue weighted by molar-refractivity contribution is 0.0866.